The molecule has 0 spiro atoms. The average molecular weight is 475 g/mol. The first-order chi connectivity index (χ1) is 16.5. The second kappa shape index (κ2) is 43.9. The van der Waals surface area contributed by atoms with Crippen LogP contribution in [-0.2, 0) is 0 Å². The maximum absolute atomic E-state index is 8.63. The zero-order chi connectivity index (χ0) is 27.5. The van der Waals surface area contributed by atoms with Gasteiger partial charge < -0.3 is 15.3 Å². The largest absolute Gasteiger partial charge is 0.508 e. The smallest absolute Gasteiger partial charge is 0.115 e. The van der Waals surface area contributed by atoms with Crippen LogP contribution in [0.5, 0.6) is 17.2 Å². The second-order valence-corrected chi connectivity index (χ2v) is 5.71. The lowest BCUT2D eigenvalue weighted by atomic mass is 10.3. The first kappa shape index (κ1) is 41.3. The lowest BCUT2D eigenvalue weighted by molar-refractivity contribution is 0.475. The molecule has 3 aromatic rings. The quantitative estimate of drug-likeness (QED) is 0.328. The van der Waals surface area contributed by atoms with Gasteiger partial charge in [0, 0.05) is 0 Å². The van der Waals surface area contributed by atoms with Crippen molar-refractivity contribution in [3.8, 4) is 17.2 Å². The third-order valence-electron chi connectivity index (χ3n) is 2.77. The molecular formula is C31H54O3. The Bertz CT molecular complexity index is 535. The Morgan fingerprint density at radius 3 is 0.588 bits per heavy atom. The molecule has 3 aromatic carbocycles. The van der Waals surface area contributed by atoms with Crippen LogP contribution in [0.1, 0.15) is 88.5 Å². The molecule has 0 bridgehead atoms. The van der Waals surface area contributed by atoms with Gasteiger partial charge in [0.1, 0.15) is 17.2 Å². The molecule has 0 saturated carbocycles. The summed E-state index contributed by atoms with van der Waals surface area (Å²) in [5.41, 5.74) is 0. The molecule has 0 aliphatic carbocycles. The van der Waals surface area contributed by atoms with E-state index in [2.05, 4.69) is 27.7 Å². The fourth-order valence-electron chi connectivity index (χ4n) is 1.28. The first-order valence-electron chi connectivity index (χ1n) is 12.7. The van der Waals surface area contributed by atoms with Crippen molar-refractivity contribution >= 4 is 0 Å². The van der Waals surface area contributed by atoms with E-state index in [9.17, 15) is 0 Å². The molecule has 3 heteroatoms. The van der Waals surface area contributed by atoms with Gasteiger partial charge in [0.25, 0.3) is 0 Å². The van der Waals surface area contributed by atoms with E-state index in [-0.39, 0.29) is 0 Å². The Morgan fingerprint density at radius 2 is 0.529 bits per heavy atom. The number of phenolic OH excluding ortho intramolecular Hbond substituents is 3. The minimum absolute atomic E-state index is 0.322. The number of unbranched alkanes of at least 4 members (excludes halogenated alkanes) is 1. The summed E-state index contributed by atoms with van der Waals surface area (Å²) in [5, 5.41) is 25.9. The van der Waals surface area contributed by atoms with Gasteiger partial charge in [-0.3, -0.25) is 0 Å². The maximum atomic E-state index is 8.63. The molecule has 0 aliphatic rings. The van der Waals surface area contributed by atoms with Crippen LogP contribution < -0.4 is 0 Å². The molecule has 3 rings (SSSR count). The summed E-state index contributed by atoms with van der Waals surface area (Å²) < 4.78 is 0. The highest BCUT2D eigenvalue weighted by atomic mass is 16.3. The predicted octanol–water partition coefficient (Wildman–Crippen LogP) is 10.5. The fourth-order valence-corrected chi connectivity index (χ4v) is 1.28. The SMILES string of the molecule is CC.CC.CC.CCC.CCCC.Oc1ccccc1.Oc1ccccc1.Oc1ccccc1. The number of hydrogen-bond acceptors (Lipinski definition) is 3. The molecule has 34 heavy (non-hydrogen) atoms. The molecular weight excluding hydrogens is 420 g/mol. The van der Waals surface area contributed by atoms with Crippen molar-refractivity contribution < 1.29 is 15.3 Å². The number of aromatic hydroxyl groups is 3. The number of para-hydroxylation sites is 3. The molecule has 0 atom stereocenters. The van der Waals surface area contributed by atoms with Gasteiger partial charge in [-0.2, -0.15) is 0 Å². The van der Waals surface area contributed by atoms with Crippen LogP contribution in [0.3, 0.4) is 0 Å². The summed E-state index contributed by atoms with van der Waals surface area (Å²) in [6, 6.07) is 26.1. The zero-order valence-corrected chi connectivity index (χ0v) is 23.6. The van der Waals surface area contributed by atoms with E-state index in [1.807, 2.05) is 59.7 Å². The van der Waals surface area contributed by atoms with Gasteiger partial charge in [-0.15, -0.1) is 0 Å². The van der Waals surface area contributed by atoms with E-state index < -0.39 is 0 Å². The highest BCUT2D eigenvalue weighted by Crippen LogP contribution is 2.04. The normalized spacial score (nSPS) is 7.24. The monoisotopic (exact) mass is 474 g/mol. The van der Waals surface area contributed by atoms with Gasteiger partial charge >= 0.3 is 0 Å². The van der Waals surface area contributed by atoms with Crippen molar-refractivity contribution in [2.75, 3.05) is 0 Å². The topological polar surface area (TPSA) is 60.7 Å². The van der Waals surface area contributed by atoms with Crippen LogP contribution in [0.25, 0.3) is 0 Å². The van der Waals surface area contributed by atoms with Crippen LogP contribution in [-0.4, -0.2) is 15.3 Å². The summed E-state index contributed by atoms with van der Waals surface area (Å²) >= 11 is 0. The van der Waals surface area contributed by atoms with Crippen LogP contribution >= 0.6 is 0 Å². The van der Waals surface area contributed by atoms with Gasteiger partial charge in [-0.1, -0.05) is 143 Å². The highest BCUT2D eigenvalue weighted by molar-refractivity contribution is 5.19. The fraction of sp³-hybridized carbons (Fsp3) is 0.419. The Morgan fingerprint density at radius 1 is 0.382 bits per heavy atom. The Kier molecular flexibility index (Phi) is 53.3. The third-order valence-corrected chi connectivity index (χ3v) is 2.77. The van der Waals surface area contributed by atoms with Crippen LogP contribution in [0.15, 0.2) is 91.0 Å². The Labute approximate surface area is 212 Å². The minimum atomic E-state index is 0.322. The molecule has 0 saturated heterocycles. The first-order valence-corrected chi connectivity index (χ1v) is 12.7. The van der Waals surface area contributed by atoms with Crippen molar-refractivity contribution in [3.05, 3.63) is 91.0 Å². The molecule has 196 valence electrons. The van der Waals surface area contributed by atoms with E-state index in [4.69, 9.17) is 15.3 Å². The molecule has 0 aliphatic heterocycles. The third kappa shape index (κ3) is 47.0. The highest BCUT2D eigenvalue weighted by Gasteiger charge is 1.76. The number of phenols is 3. The van der Waals surface area contributed by atoms with Crippen molar-refractivity contribution in [1.82, 2.24) is 0 Å². The number of benzene rings is 3. The molecule has 0 heterocycles. The Hall–Kier alpha value is -2.94. The maximum Gasteiger partial charge on any atom is 0.115 e. The summed E-state index contributed by atoms with van der Waals surface area (Å²) in [6.45, 7) is 20.6. The summed E-state index contributed by atoms with van der Waals surface area (Å²) in [7, 11) is 0. The Balaban J connectivity index is -0.000000100. The molecule has 3 nitrogen and oxygen atoms in total. The lowest BCUT2D eigenvalue weighted by Gasteiger charge is -1.82. The van der Waals surface area contributed by atoms with Gasteiger partial charge in [0.05, 0.1) is 0 Å². The molecule has 0 unspecified atom stereocenters. The lowest BCUT2D eigenvalue weighted by Crippen LogP contribution is -1.56. The van der Waals surface area contributed by atoms with Gasteiger partial charge in [-0.05, 0) is 36.4 Å². The molecule has 0 radical (unpaired) electrons. The zero-order valence-electron chi connectivity index (χ0n) is 23.6. The van der Waals surface area contributed by atoms with Crippen molar-refractivity contribution in [1.29, 1.82) is 0 Å². The van der Waals surface area contributed by atoms with Gasteiger partial charge in [0.15, 0.2) is 0 Å². The van der Waals surface area contributed by atoms with Gasteiger partial charge in [0.2, 0.25) is 0 Å². The van der Waals surface area contributed by atoms with Crippen LogP contribution in [0.4, 0.5) is 0 Å². The summed E-state index contributed by atoms with van der Waals surface area (Å²) in [4.78, 5) is 0. The van der Waals surface area contributed by atoms with Crippen LogP contribution in [0.2, 0.25) is 0 Å². The van der Waals surface area contributed by atoms with Crippen molar-refractivity contribution in [3.63, 3.8) is 0 Å². The van der Waals surface area contributed by atoms with Gasteiger partial charge in [-0.25, -0.2) is 0 Å². The minimum Gasteiger partial charge on any atom is -0.508 e. The van der Waals surface area contributed by atoms with Crippen molar-refractivity contribution in [2.24, 2.45) is 0 Å². The number of hydrogen-bond donors (Lipinski definition) is 3. The molecule has 3 N–H and O–H groups in total. The van der Waals surface area contributed by atoms with E-state index in [1.165, 1.54) is 19.3 Å². The summed E-state index contributed by atoms with van der Waals surface area (Å²) in [5.74, 6) is 0.965. The van der Waals surface area contributed by atoms with Crippen LogP contribution in [0, 0.1) is 0 Å². The molecule has 0 aromatic heterocycles. The predicted molar refractivity (Wildman–Crippen MR) is 155 cm³/mol. The van der Waals surface area contributed by atoms with E-state index >= 15 is 0 Å². The standard InChI is InChI=1S/3C6H6O.C4H10.C3H8.3C2H6/c3*7-6-4-2-1-3-5-6;1-3-4-2;1-3-2;3*1-2/h3*1-5,7H;3-4H2,1-2H3;3H2,1-2H3;3*1-2H3. The van der Waals surface area contributed by atoms with E-state index in [0.717, 1.165) is 0 Å². The van der Waals surface area contributed by atoms with E-state index in [0.29, 0.717) is 17.2 Å². The summed E-state index contributed by atoms with van der Waals surface area (Å²) in [6.07, 6.45) is 3.89. The average Bonchev–Trinajstić information content (AvgIpc) is 2.90. The molecule has 0 fully saturated rings. The van der Waals surface area contributed by atoms with E-state index in [1.54, 1.807) is 72.8 Å². The number of rotatable bonds is 1. The second-order valence-electron chi connectivity index (χ2n) is 5.71. The van der Waals surface area contributed by atoms with Crippen molar-refractivity contribution in [2.45, 2.75) is 88.5 Å². The molecule has 0 amide bonds.